The molecule has 4 nitrogen and oxygen atoms in total. The van der Waals surface area contributed by atoms with Gasteiger partial charge in [-0.1, -0.05) is 0 Å². The van der Waals surface area contributed by atoms with Gasteiger partial charge in [0.15, 0.2) is 0 Å². The number of nitrogens with two attached hydrogens (primary N) is 3. The lowest BCUT2D eigenvalue weighted by atomic mass is 10.3. The maximum atomic E-state index is 5.39. The van der Waals surface area contributed by atoms with Gasteiger partial charge in [-0.3, -0.25) is 0 Å². The molecule has 1 fully saturated rings. The van der Waals surface area contributed by atoms with Gasteiger partial charge in [-0.2, -0.15) is 0 Å². The first-order valence-electron chi connectivity index (χ1n) is 2.46. The van der Waals surface area contributed by atoms with Crippen LogP contribution in [0.25, 0.3) is 0 Å². The molecule has 7 N–H and O–H groups in total. The minimum absolute atomic E-state index is 0.236. The van der Waals surface area contributed by atoms with Crippen molar-refractivity contribution in [3.63, 3.8) is 0 Å². The molecule has 0 radical (unpaired) electrons. The Morgan fingerprint density at radius 2 is 1.88 bits per heavy atom. The summed E-state index contributed by atoms with van der Waals surface area (Å²) >= 11 is 0. The summed E-state index contributed by atoms with van der Waals surface area (Å²) in [5.74, 6) is 0.236. The SMILES string of the molecule is NC(N)=C(N)C1CN1. The summed E-state index contributed by atoms with van der Waals surface area (Å²) in [5, 5.41) is 2.97. The first-order valence-corrected chi connectivity index (χ1v) is 2.46. The molecule has 0 aromatic heterocycles. The Morgan fingerprint density at radius 1 is 1.38 bits per heavy atom. The minimum Gasteiger partial charge on any atom is -0.398 e. The molecule has 0 aliphatic carbocycles. The van der Waals surface area contributed by atoms with Crippen molar-refractivity contribution in [1.29, 1.82) is 0 Å². The third kappa shape index (κ3) is 0.840. The molecule has 1 heterocycles. The van der Waals surface area contributed by atoms with Crippen molar-refractivity contribution in [2.75, 3.05) is 6.54 Å². The van der Waals surface area contributed by atoms with E-state index in [1.54, 1.807) is 0 Å². The van der Waals surface area contributed by atoms with E-state index >= 15 is 0 Å². The van der Waals surface area contributed by atoms with Crippen LogP contribution in [0.5, 0.6) is 0 Å². The van der Waals surface area contributed by atoms with Crippen LogP contribution in [0.3, 0.4) is 0 Å². The maximum Gasteiger partial charge on any atom is 0.114 e. The monoisotopic (exact) mass is 114 g/mol. The quantitative estimate of drug-likeness (QED) is 0.296. The summed E-state index contributed by atoms with van der Waals surface area (Å²) in [6.07, 6.45) is 0. The van der Waals surface area contributed by atoms with E-state index < -0.39 is 0 Å². The lowest BCUT2D eigenvalue weighted by Crippen LogP contribution is -2.21. The van der Waals surface area contributed by atoms with Gasteiger partial charge < -0.3 is 22.5 Å². The van der Waals surface area contributed by atoms with E-state index in [1.807, 2.05) is 0 Å². The summed E-state index contributed by atoms with van der Waals surface area (Å²) in [7, 11) is 0. The largest absolute Gasteiger partial charge is 0.398 e. The van der Waals surface area contributed by atoms with Gasteiger partial charge in [-0.05, 0) is 0 Å². The van der Waals surface area contributed by atoms with Gasteiger partial charge in [0.05, 0.1) is 11.7 Å². The molecule has 0 bridgehead atoms. The fraction of sp³-hybridized carbons (Fsp3) is 0.500. The lowest BCUT2D eigenvalue weighted by Gasteiger charge is -1.96. The predicted octanol–water partition coefficient (Wildman–Crippen LogP) is -2.00. The van der Waals surface area contributed by atoms with Crippen molar-refractivity contribution in [3.05, 3.63) is 11.5 Å². The second-order valence-corrected chi connectivity index (χ2v) is 1.87. The Balaban J connectivity index is 2.54. The van der Waals surface area contributed by atoms with Crippen LogP contribution in [0.4, 0.5) is 0 Å². The van der Waals surface area contributed by atoms with Crippen LogP contribution >= 0.6 is 0 Å². The van der Waals surface area contributed by atoms with Gasteiger partial charge in [-0.15, -0.1) is 0 Å². The molecular weight excluding hydrogens is 104 g/mol. The van der Waals surface area contributed by atoms with Crippen LogP contribution in [-0.4, -0.2) is 12.6 Å². The van der Waals surface area contributed by atoms with Gasteiger partial charge in [-0.25, -0.2) is 0 Å². The molecule has 1 aliphatic rings. The van der Waals surface area contributed by atoms with Gasteiger partial charge >= 0.3 is 0 Å². The van der Waals surface area contributed by atoms with Crippen LogP contribution < -0.4 is 22.5 Å². The molecule has 46 valence electrons. The molecule has 1 atom stereocenters. The van der Waals surface area contributed by atoms with Crippen molar-refractivity contribution in [2.45, 2.75) is 6.04 Å². The number of rotatable bonds is 1. The van der Waals surface area contributed by atoms with Crippen LogP contribution in [0.2, 0.25) is 0 Å². The lowest BCUT2D eigenvalue weighted by molar-refractivity contribution is 1.00. The summed E-state index contributed by atoms with van der Waals surface area (Å²) < 4.78 is 0. The Kier molecular flexibility index (Phi) is 1.02. The van der Waals surface area contributed by atoms with Gasteiger partial charge in [0.25, 0.3) is 0 Å². The third-order valence-corrected chi connectivity index (χ3v) is 1.12. The van der Waals surface area contributed by atoms with E-state index in [9.17, 15) is 0 Å². The van der Waals surface area contributed by atoms with Crippen molar-refractivity contribution in [1.82, 2.24) is 5.32 Å². The van der Waals surface area contributed by atoms with Gasteiger partial charge in [0.1, 0.15) is 5.82 Å². The molecule has 1 saturated heterocycles. The smallest absolute Gasteiger partial charge is 0.114 e. The van der Waals surface area contributed by atoms with Gasteiger partial charge in [0.2, 0.25) is 0 Å². The Morgan fingerprint density at radius 3 is 2.00 bits per heavy atom. The Labute approximate surface area is 47.7 Å². The molecule has 0 saturated carbocycles. The van der Waals surface area contributed by atoms with E-state index in [0.717, 1.165) is 6.54 Å². The highest BCUT2D eigenvalue weighted by Gasteiger charge is 2.23. The molecule has 1 aliphatic heterocycles. The molecule has 8 heavy (non-hydrogen) atoms. The second kappa shape index (κ2) is 1.56. The standard InChI is InChI=1S/C4H10N4/c5-3(4(6)7)2-1-8-2/h2,8H,1,5-7H2. The van der Waals surface area contributed by atoms with Crippen LogP contribution in [0.15, 0.2) is 11.5 Å². The van der Waals surface area contributed by atoms with Crippen LogP contribution in [0, 0.1) is 0 Å². The van der Waals surface area contributed by atoms with E-state index in [0.29, 0.717) is 5.70 Å². The first kappa shape index (κ1) is 5.24. The zero-order valence-corrected chi connectivity index (χ0v) is 4.52. The van der Waals surface area contributed by atoms with Crippen LogP contribution in [-0.2, 0) is 0 Å². The zero-order chi connectivity index (χ0) is 6.15. The van der Waals surface area contributed by atoms with Crippen LogP contribution in [0.1, 0.15) is 0 Å². The van der Waals surface area contributed by atoms with Crippen molar-refractivity contribution in [2.24, 2.45) is 17.2 Å². The molecule has 4 heteroatoms. The molecule has 0 spiro atoms. The molecule has 0 amide bonds. The molecule has 0 aromatic carbocycles. The average Bonchev–Trinajstić information content (AvgIpc) is 2.43. The summed E-state index contributed by atoms with van der Waals surface area (Å²) in [6.45, 7) is 0.906. The van der Waals surface area contributed by atoms with E-state index in [1.165, 1.54) is 0 Å². The highest BCUT2D eigenvalue weighted by Crippen LogP contribution is 2.04. The summed E-state index contributed by atoms with van der Waals surface area (Å²) in [5.41, 5.74) is 16.3. The predicted molar refractivity (Wildman–Crippen MR) is 31.4 cm³/mol. The number of hydrogen-bond donors (Lipinski definition) is 4. The van der Waals surface area contributed by atoms with Crippen molar-refractivity contribution < 1.29 is 0 Å². The number of hydrogen-bond acceptors (Lipinski definition) is 4. The van der Waals surface area contributed by atoms with E-state index in [-0.39, 0.29) is 11.9 Å². The minimum atomic E-state index is 0.236. The highest BCUT2D eigenvalue weighted by atomic mass is 15.1. The average molecular weight is 114 g/mol. The summed E-state index contributed by atoms with van der Waals surface area (Å²) in [4.78, 5) is 0. The normalized spacial score (nSPS) is 24.8. The topological polar surface area (TPSA) is 100 Å². The fourth-order valence-electron chi connectivity index (χ4n) is 0.480. The molecular formula is C4H10N4. The molecule has 0 aromatic rings. The van der Waals surface area contributed by atoms with E-state index in [2.05, 4.69) is 5.32 Å². The summed E-state index contributed by atoms with van der Waals surface area (Å²) in [6, 6.07) is 0.250. The van der Waals surface area contributed by atoms with E-state index in [4.69, 9.17) is 17.2 Å². The van der Waals surface area contributed by atoms with Crippen molar-refractivity contribution >= 4 is 0 Å². The fourth-order valence-corrected chi connectivity index (χ4v) is 0.480. The number of nitrogens with one attached hydrogen (secondary N) is 1. The third-order valence-electron chi connectivity index (χ3n) is 1.12. The maximum absolute atomic E-state index is 5.39. The highest BCUT2D eigenvalue weighted by molar-refractivity contribution is 5.17. The zero-order valence-electron chi connectivity index (χ0n) is 4.52. The second-order valence-electron chi connectivity index (χ2n) is 1.87. The van der Waals surface area contributed by atoms with Gasteiger partial charge in [0, 0.05) is 6.54 Å². The molecule has 1 rings (SSSR count). The van der Waals surface area contributed by atoms with Crippen molar-refractivity contribution in [3.8, 4) is 0 Å². The Hall–Kier alpha value is -0.900. The first-order chi connectivity index (χ1) is 3.72. The molecule has 1 unspecified atom stereocenters. The Bertz CT molecular complexity index is 120.